The summed E-state index contributed by atoms with van der Waals surface area (Å²) in [6.07, 6.45) is 3.60. The molecule has 0 unspecified atom stereocenters. The minimum absolute atomic E-state index is 0.0244. The number of aliphatic hydroxyl groups excluding tert-OH is 1. The van der Waals surface area contributed by atoms with Crippen LogP contribution in [0, 0.1) is 26.6 Å². The molecule has 1 saturated heterocycles. The lowest BCUT2D eigenvalue weighted by molar-refractivity contribution is 0.283. The Morgan fingerprint density at radius 1 is 1.00 bits per heavy atom. The minimum atomic E-state index is -0.131. The van der Waals surface area contributed by atoms with Gasteiger partial charge in [0.25, 0.3) is 0 Å². The van der Waals surface area contributed by atoms with Crippen LogP contribution in [0.25, 0.3) is 11.0 Å². The van der Waals surface area contributed by atoms with Crippen LogP contribution in [0.1, 0.15) is 47.1 Å². The summed E-state index contributed by atoms with van der Waals surface area (Å²) in [5.41, 5.74) is 6.28. The van der Waals surface area contributed by atoms with E-state index in [0.29, 0.717) is 17.7 Å². The van der Waals surface area contributed by atoms with E-state index in [1.807, 2.05) is 39.0 Å². The number of rotatable bonds is 4. The molecule has 2 aromatic carbocycles. The summed E-state index contributed by atoms with van der Waals surface area (Å²) in [5, 5.41) is 9.86. The van der Waals surface area contributed by atoms with Gasteiger partial charge in [-0.3, -0.25) is 0 Å². The molecule has 0 bridgehead atoms. The van der Waals surface area contributed by atoms with Crippen LogP contribution in [-0.4, -0.2) is 27.7 Å². The van der Waals surface area contributed by atoms with Gasteiger partial charge in [0.15, 0.2) is 0 Å². The predicted molar refractivity (Wildman–Crippen MR) is 111 cm³/mol. The van der Waals surface area contributed by atoms with Crippen molar-refractivity contribution in [2.24, 2.45) is 0 Å². The average Bonchev–Trinajstić information content (AvgIpc) is 3.04. The van der Waals surface area contributed by atoms with Gasteiger partial charge in [-0.1, -0.05) is 18.2 Å². The Hall–Kier alpha value is -2.40. The van der Waals surface area contributed by atoms with Crippen molar-refractivity contribution in [2.75, 3.05) is 18.0 Å². The number of fused-ring (bicyclic) bond motifs is 1. The molecule has 28 heavy (non-hydrogen) atoms. The van der Waals surface area contributed by atoms with Crippen molar-refractivity contribution in [1.29, 1.82) is 0 Å². The highest BCUT2D eigenvalue weighted by Gasteiger charge is 2.21. The monoisotopic (exact) mass is 381 g/mol. The van der Waals surface area contributed by atoms with Crippen molar-refractivity contribution in [3.63, 3.8) is 0 Å². The highest BCUT2D eigenvalue weighted by Crippen LogP contribution is 2.30. The van der Waals surface area contributed by atoms with Gasteiger partial charge in [-0.05, 0) is 68.4 Å². The molecule has 3 aromatic rings. The van der Waals surface area contributed by atoms with Crippen molar-refractivity contribution < 1.29 is 9.50 Å². The molecule has 1 fully saturated rings. The number of hydrogen-bond acceptors (Lipinski definition) is 3. The second-order valence-electron chi connectivity index (χ2n) is 8.04. The molecular weight excluding hydrogens is 353 g/mol. The molecule has 148 valence electrons. The van der Waals surface area contributed by atoms with E-state index in [4.69, 9.17) is 4.98 Å². The van der Waals surface area contributed by atoms with E-state index in [-0.39, 0.29) is 12.4 Å². The third kappa shape index (κ3) is 3.39. The largest absolute Gasteiger partial charge is 0.392 e. The molecule has 1 aromatic heterocycles. The van der Waals surface area contributed by atoms with Crippen LogP contribution in [0.2, 0.25) is 0 Å². The zero-order chi connectivity index (χ0) is 19.8. The molecule has 0 radical (unpaired) electrons. The van der Waals surface area contributed by atoms with Gasteiger partial charge in [-0.15, -0.1) is 0 Å². The molecule has 1 aliphatic rings. The van der Waals surface area contributed by atoms with Gasteiger partial charge >= 0.3 is 0 Å². The van der Waals surface area contributed by atoms with E-state index in [0.717, 1.165) is 46.8 Å². The predicted octanol–water partition coefficient (Wildman–Crippen LogP) is 4.63. The smallest absolute Gasteiger partial charge is 0.206 e. The van der Waals surface area contributed by atoms with Crippen molar-refractivity contribution in [1.82, 2.24) is 9.55 Å². The van der Waals surface area contributed by atoms with Crippen molar-refractivity contribution in [2.45, 2.75) is 53.2 Å². The molecule has 1 N–H and O–H groups in total. The summed E-state index contributed by atoms with van der Waals surface area (Å²) in [7, 11) is 0. The first-order chi connectivity index (χ1) is 13.5. The Kier molecular flexibility index (Phi) is 5.11. The number of halogens is 1. The van der Waals surface area contributed by atoms with Gasteiger partial charge in [0.1, 0.15) is 5.82 Å². The number of piperidine rings is 1. The fraction of sp³-hybridized carbons (Fsp3) is 0.435. The first-order valence-electron chi connectivity index (χ1n) is 10.1. The highest BCUT2D eigenvalue weighted by atomic mass is 19.1. The molecule has 0 aliphatic carbocycles. The summed E-state index contributed by atoms with van der Waals surface area (Å²) in [6.45, 7) is 8.29. The Balaban J connectivity index is 1.87. The van der Waals surface area contributed by atoms with Crippen molar-refractivity contribution in [3.05, 3.63) is 57.9 Å². The number of anilines is 1. The van der Waals surface area contributed by atoms with Crippen molar-refractivity contribution in [3.8, 4) is 0 Å². The summed E-state index contributed by atoms with van der Waals surface area (Å²) >= 11 is 0. The summed E-state index contributed by atoms with van der Waals surface area (Å²) in [4.78, 5) is 7.31. The van der Waals surface area contributed by atoms with Crippen LogP contribution in [-0.2, 0) is 13.2 Å². The lowest BCUT2D eigenvalue weighted by atomic mass is 10.1. The lowest BCUT2D eigenvalue weighted by Crippen LogP contribution is -2.32. The fourth-order valence-electron chi connectivity index (χ4n) is 4.36. The maximum absolute atomic E-state index is 14.1. The molecule has 0 saturated carbocycles. The molecule has 0 amide bonds. The van der Waals surface area contributed by atoms with Gasteiger partial charge in [0.2, 0.25) is 5.95 Å². The molecule has 0 spiro atoms. The van der Waals surface area contributed by atoms with Crippen LogP contribution >= 0.6 is 0 Å². The van der Waals surface area contributed by atoms with E-state index >= 15 is 0 Å². The second kappa shape index (κ2) is 7.55. The molecular formula is C23H28FN3O. The van der Waals surface area contributed by atoms with E-state index in [9.17, 15) is 9.50 Å². The van der Waals surface area contributed by atoms with Gasteiger partial charge < -0.3 is 14.6 Å². The number of aliphatic hydroxyl groups is 1. The van der Waals surface area contributed by atoms with Crippen LogP contribution in [0.3, 0.4) is 0 Å². The van der Waals surface area contributed by atoms with Gasteiger partial charge in [0, 0.05) is 18.7 Å². The number of nitrogens with zero attached hydrogens (tertiary/aromatic N) is 3. The molecule has 4 nitrogen and oxygen atoms in total. The summed E-state index contributed by atoms with van der Waals surface area (Å²) in [5.74, 6) is 0.823. The van der Waals surface area contributed by atoms with Gasteiger partial charge in [-0.2, -0.15) is 0 Å². The van der Waals surface area contributed by atoms with E-state index < -0.39 is 0 Å². The number of imidazole rings is 1. The van der Waals surface area contributed by atoms with E-state index in [2.05, 4.69) is 15.5 Å². The highest BCUT2D eigenvalue weighted by molar-refractivity contribution is 5.83. The zero-order valence-corrected chi connectivity index (χ0v) is 16.9. The zero-order valence-electron chi connectivity index (χ0n) is 16.9. The number of aryl methyl sites for hydroxylation is 3. The molecule has 1 aliphatic heterocycles. The Morgan fingerprint density at radius 2 is 1.68 bits per heavy atom. The molecule has 4 rings (SSSR count). The SMILES string of the molecule is Cc1cc(CO)c2nc(N3CCCCC3)n(Cc3cc(C)c(F)c(C)c3)c2c1. The fourth-order valence-corrected chi connectivity index (χ4v) is 4.36. The average molecular weight is 381 g/mol. The Bertz CT molecular complexity index is 995. The Morgan fingerprint density at radius 3 is 2.32 bits per heavy atom. The van der Waals surface area contributed by atoms with Crippen molar-refractivity contribution >= 4 is 17.0 Å². The van der Waals surface area contributed by atoms with Gasteiger partial charge in [0.05, 0.1) is 24.2 Å². The second-order valence-corrected chi connectivity index (χ2v) is 8.04. The summed E-state index contributed by atoms with van der Waals surface area (Å²) in [6, 6.07) is 8.00. The standard InChI is InChI=1S/C23H28FN3O/c1-15-9-19(14-28)22-20(10-15)27(23(25-22)26-7-5-4-6-8-26)13-18-11-16(2)21(24)17(3)12-18/h9-12,28H,4-8,13-14H2,1-3H3. The minimum Gasteiger partial charge on any atom is -0.392 e. The molecule has 0 atom stereocenters. The van der Waals surface area contributed by atoms with Gasteiger partial charge in [-0.25, -0.2) is 9.37 Å². The van der Waals surface area contributed by atoms with Crippen LogP contribution in [0.4, 0.5) is 10.3 Å². The Labute approximate surface area is 165 Å². The lowest BCUT2D eigenvalue weighted by Gasteiger charge is -2.28. The first kappa shape index (κ1) is 18.9. The van der Waals surface area contributed by atoms with E-state index in [1.54, 1.807) is 0 Å². The third-order valence-corrected chi connectivity index (χ3v) is 5.70. The molecule has 5 heteroatoms. The quantitative estimate of drug-likeness (QED) is 0.716. The maximum Gasteiger partial charge on any atom is 0.206 e. The third-order valence-electron chi connectivity index (χ3n) is 5.70. The van der Waals surface area contributed by atoms with Crippen LogP contribution < -0.4 is 4.90 Å². The summed E-state index contributed by atoms with van der Waals surface area (Å²) < 4.78 is 16.3. The normalized spacial score (nSPS) is 14.8. The molecule has 2 heterocycles. The first-order valence-corrected chi connectivity index (χ1v) is 10.1. The number of hydrogen-bond donors (Lipinski definition) is 1. The van der Waals surface area contributed by atoms with E-state index in [1.165, 1.54) is 19.3 Å². The topological polar surface area (TPSA) is 41.3 Å². The number of aromatic nitrogens is 2. The van der Waals surface area contributed by atoms with Crippen LogP contribution in [0.15, 0.2) is 24.3 Å². The maximum atomic E-state index is 14.1. The van der Waals surface area contributed by atoms with Crippen LogP contribution in [0.5, 0.6) is 0 Å². The number of benzene rings is 2.